The number of carboxylic acids is 1. The number of likely N-dealkylation sites (N-methyl/N-ethyl adjacent to an activating group) is 1. The van der Waals surface area contributed by atoms with Crippen molar-refractivity contribution in [3.8, 4) is 5.75 Å². The van der Waals surface area contributed by atoms with Crippen molar-refractivity contribution in [3.63, 3.8) is 0 Å². The molecule has 1 atom stereocenters. The molecule has 4 rings (SSSR count). The molecule has 26 heavy (non-hydrogen) atoms. The van der Waals surface area contributed by atoms with Crippen molar-refractivity contribution < 1.29 is 19.0 Å². The van der Waals surface area contributed by atoms with Crippen LogP contribution in [0.1, 0.15) is 23.3 Å². The number of aromatic carboxylic acids is 1. The number of halogens is 1. The molecule has 1 saturated heterocycles. The Morgan fingerprint density at radius 1 is 1.27 bits per heavy atom. The third-order valence-corrected chi connectivity index (χ3v) is 5.16. The number of piperazine rings is 1. The molecular weight excluding hydrogens is 341 g/mol. The fraction of sp³-hybridized carbons (Fsp3) is 0.444. The quantitative estimate of drug-likeness (QED) is 0.875. The Morgan fingerprint density at radius 2 is 1.96 bits per heavy atom. The van der Waals surface area contributed by atoms with E-state index in [2.05, 4.69) is 4.90 Å². The average Bonchev–Trinajstić information content (AvgIpc) is 2.60. The lowest BCUT2D eigenvalue weighted by Crippen LogP contribution is -2.45. The molecule has 3 heterocycles. The lowest BCUT2D eigenvalue weighted by molar-refractivity contribution is 0.0694. The van der Waals surface area contributed by atoms with Crippen molar-refractivity contribution in [2.75, 3.05) is 44.7 Å². The van der Waals surface area contributed by atoms with Crippen LogP contribution in [0.25, 0.3) is 10.9 Å². The Bertz CT molecular complexity index is 963. The maximum atomic E-state index is 15.0. The molecule has 1 aromatic carbocycles. The summed E-state index contributed by atoms with van der Waals surface area (Å²) in [6.07, 6.45) is 0. The van der Waals surface area contributed by atoms with E-state index < -0.39 is 17.3 Å². The summed E-state index contributed by atoms with van der Waals surface area (Å²) >= 11 is 0. The predicted molar refractivity (Wildman–Crippen MR) is 95.0 cm³/mol. The third kappa shape index (κ3) is 2.44. The minimum Gasteiger partial charge on any atom is -0.487 e. The van der Waals surface area contributed by atoms with Crippen molar-refractivity contribution in [1.29, 1.82) is 0 Å². The molecule has 7 nitrogen and oxygen atoms in total. The molecule has 0 spiro atoms. The molecule has 0 unspecified atom stereocenters. The van der Waals surface area contributed by atoms with E-state index in [-0.39, 0.29) is 18.2 Å². The molecule has 2 aliphatic heterocycles. The van der Waals surface area contributed by atoms with Gasteiger partial charge in [-0.15, -0.1) is 0 Å². The van der Waals surface area contributed by atoms with Gasteiger partial charge in [-0.3, -0.25) is 9.36 Å². The Labute approximate surface area is 149 Å². The molecule has 0 aliphatic carbocycles. The molecule has 1 N–H and O–H groups in total. The Morgan fingerprint density at radius 3 is 2.62 bits per heavy atom. The molecule has 2 aromatic rings. The minimum absolute atomic E-state index is 0.190. The summed E-state index contributed by atoms with van der Waals surface area (Å²) in [5.41, 5.74) is -0.121. The smallest absolute Gasteiger partial charge is 0.341 e. The van der Waals surface area contributed by atoms with Crippen LogP contribution < -0.4 is 15.2 Å². The van der Waals surface area contributed by atoms with Gasteiger partial charge in [0, 0.05) is 31.6 Å². The number of hydrogen-bond donors (Lipinski definition) is 1. The van der Waals surface area contributed by atoms with Crippen LogP contribution in [0.3, 0.4) is 0 Å². The second-order valence-electron chi connectivity index (χ2n) is 6.96. The molecule has 2 aliphatic rings. The zero-order valence-corrected chi connectivity index (χ0v) is 14.7. The molecule has 1 fully saturated rings. The van der Waals surface area contributed by atoms with E-state index in [1.54, 1.807) is 6.92 Å². The molecule has 1 aromatic heterocycles. The average molecular weight is 361 g/mol. The number of pyridine rings is 1. The van der Waals surface area contributed by atoms with Gasteiger partial charge in [-0.1, -0.05) is 0 Å². The molecule has 0 radical (unpaired) electrons. The van der Waals surface area contributed by atoms with Crippen LogP contribution in [-0.2, 0) is 0 Å². The van der Waals surface area contributed by atoms with Gasteiger partial charge in [0.25, 0.3) is 5.56 Å². The molecule has 0 amide bonds. The standard InChI is InChI=1S/C18H20FN3O4/c1-10-9-26-16-14-11(7-12(18(24)25)17(23)22(10)14)8-13(19)15(16)21-5-3-20(2)4-6-21/h7-8,10H,3-6,9H2,1-2H3,(H,24,25)/t10-/m0/s1. The summed E-state index contributed by atoms with van der Waals surface area (Å²) in [4.78, 5) is 28.2. The molecule has 138 valence electrons. The minimum atomic E-state index is -1.32. The molecule has 0 bridgehead atoms. The van der Waals surface area contributed by atoms with Gasteiger partial charge < -0.3 is 19.6 Å². The Balaban J connectivity index is 2.00. The summed E-state index contributed by atoms with van der Waals surface area (Å²) in [5, 5.41) is 9.68. The van der Waals surface area contributed by atoms with Gasteiger partial charge >= 0.3 is 5.97 Å². The highest BCUT2D eigenvalue weighted by molar-refractivity contribution is 5.97. The van der Waals surface area contributed by atoms with Gasteiger partial charge in [0.2, 0.25) is 0 Å². The zero-order valence-electron chi connectivity index (χ0n) is 14.7. The fourth-order valence-electron chi connectivity index (χ4n) is 3.75. The first-order valence-electron chi connectivity index (χ1n) is 8.60. The van der Waals surface area contributed by atoms with Gasteiger partial charge in [-0.2, -0.15) is 0 Å². The number of carboxylic acid groups (broad SMARTS) is 1. The number of anilines is 1. The fourth-order valence-corrected chi connectivity index (χ4v) is 3.75. The van der Waals surface area contributed by atoms with Crippen LogP contribution in [0, 0.1) is 5.82 Å². The Hall–Kier alpha value is -2.61. The lowest BCUT2D eigenvalue weighted by atomic mass is 10.1. The normalized spacial score (nSPS) is 20.3. The van der Waals surface area contributed by atoms with Crippen molar-refractivity contribution in [2.45, 2.75) is 13.0 Å². The first kappa shape index (κ1) is 16.8. The monoisotopic (exact) mass is 361 g/mol. The number of benzene rings is 1. The number of hydrogen-bond acceptors (Lipinski definition) is 5. The SMILES string of the molecule is C[C@H]1COc2c(N3CCN(C)CC3)c(F)cc3cc(C(=O)O)c(=O)n1c23. The number of rotatable bonds is 2. The maximum absolute atomic E-state index is 15.0. The zero-order chi connectivity index (χ0) is 18.6. The number of nitrogens with zero attached hydrogens (tertiary/aromatic N) is 3. The van der Waals surface area contributed by atoms with Crippen molar-refractivity contribution >= 4 is 22.6 Å². The summed E-state index contributed by atoms with van der Waals surface area (Å²) in [6, 6.07) is 2.21. The van der Waals surface area contributed by atoms with Crippen molar-refractivity contribution in [1.82, 2.24) is 9.47 Å². The summed E-state index contributed by atoms with van der Waals surface area (Å²) in [7, 11) is 2.02. The molecule has 0 saturated carbocycles. The molecular formula is C18H20FN3O4. The van der Waals surface area contributed by atoms with Gasteiger partial charge in [0.05, 0.1) is 11.6 Å². The summed E-state index contributed by atoms with van der Waals surface area (Å²) < 4.78 is 22.2. The second kappa shape index (κ2) is 5.98. The van der Waals surface area contributed by atoms with E-state index in [9.17, 15) is 19.1 Å². The second-order valence-corrected chi connectivity index (χ2v) is 6.96. The highest BCUT2D eigenvalue weighted by Gasteiger charge is 2.31. The van der Waals surface area contributed by atoms with Gasteiger partial charge in [0.15, 0.2) is 11.6 Å². The van der Waals surface area contributed by atoms with Crippen molar-refractivity contribution in [2.24, 2.45) is 0 Å². The molecule has 8 heteroatoms. The lowest BCUT2D eigenvalue weighted by Gasteiger charge is -2.36. The van der Waals surface area contributed by atoms with Crippen LogP contribution in [0.5, 0.6) is 5.75 Å². The largest absolute Gasteiger partial charge is 0.487 e. The van der Waals surface area contributed by atoms with Gasteiger partial charge in [-0.25, -0.2) is 9.18 Å². The van der Waals surface area contributed by atoms with Crippen LogP contribution >= 0.6 is 0 Å². The summed E-state index contributed by atoms with van der Waals surface area (Å²) in [5.74, 6) is -1.45. The van der Waals surface area contributed by atoms with Crippen molar-refractivity contribution in [3.05, 3.63) is 33.9 Å². The highest BCUT2D eigenvalue weighted by atomic mass is 19.1. The maximum Gasteiger partial charge on any atom is 0.341 e. The van der Waals surface area contributed by atoms with E-state index in [1.807, 2.05) is 11.9 Å². The third-order valence-electron chi connectivity index (χ3n) is 5.16. The first-order chi connectivity index (χ1) is 12.4. The number of aromatic nitrogens is 1. The van der Waals surface area contributed by atoms with E-state index in [4.69, 9.17) is 4.74 Å². The highest BCUT2D eigenvalue weighted by Crippen LogP contribution is 2.42. The van der Waals surface area contributed by atoms with Crippen LogP contribution in [0.15, 0.2) is 16.9 Å². The van der Waals surface area contributed by atoms with Crippen LogP contribution in [0.4, 0.5) is 10.1 Å². The van der Waals surface area contributed by atoms with Gasteiger partial charge in [0.1, 0.15) is 17.9 Å². The predicted octanol–water partition coefficient (Wildman–Crippen LogP) is 1.54. The topological polar surface area (TPSA) is 75.0 Å². The first-order valence-corrected chi connectivity index (χ1v) is 8.60. The van der Waals surface area contributed by atoms with E-state index in [1.165, 1.54) is 16.7 Å². The van der Waals surface area contributed by atoms with Crippen LogP contribution in [0.2, 0.25) is 0 Å². The van der Waals surface area contributed by atoms with E-state index >= 15 is 0 Å². The number of carbonyl (C=O) groups is 1. The van der Waals surface area contributed by atoms with Crippen LogP contribution in [-0.4, -0.2) is 60.4 Å². The Kier molecular flexibility index (Phi) is 3.87. The van der Waals surface area contributed by atoms with Gasteiger partial charge in [-0.05, 0) is 26.1 Å². The number of ether oxygens (including phenoxy) is 1. The van der Waals surface area contributed by atoms with E-state index in [0.717, 1.165) is 13.1 Å². The van der Waals surface area contributed by atoms with E-state index in [0.29, 0.717) is 35.4 Å². The summed E-state index contributed by atoms with van der Waals surface area (Å²) in [6.45, 7) is 4.89.